The van der Waals surface area contributed by atoms with Gasteiger partial charge in [0.1, 0.15) is 6.04 Å². The number of hydrogen-bond donors (Lipinski definition) is 1. The van der Waals surface area contributed by atoms with E-state index in [4.69, 9.17) is 0 Å². The number of aryl methyl sites for hydroxylation is 1. The van der Waals surface area contributed by atoms with Crippen molar-refractivity contribution in [1.82, 2.24) is 10.2 Å². The van der Waals surface area contributed by atoms with E-state index in [9.17, 15) is 9.59 Å². The van der Waals surface area contributed by atoms with Gasteiger partial charge in [0.2, 0.25) is 11.8 Å². The molecule has 0 bridgehead atoms. The van der Waals surface area contributed by atoms with Gasteiger partial charge in [0.25, 0.3) is 0 Å². The van der Waals surface area contributed by atoms with Crippen molar-refractivity contribution in [2.24, 2.45) is 0 Å². The van der Waals surface area contributed by atoms with Gasteiger partial charge in [0.15, 0.2) is 0 Å². The fourth-order valence-corrected chi connectivity index (χ4v) is 3.36. The van der Waals surface area contributed by atoms with Crippen molar-refractivity contribution >= 4 is 27.7 Å². The molecule has 1 N–H and O–H groups in total. The van der Waals surface area contributed by atoms with Crippen molar-refractivity contribution in [3.63, 3.8) is 0 Å². The summed E-state index contributed by atoms with van der Waals surface area (Å²) in [5, 5.41) is 2.90. The summed E-state index contributed by atoms with van der Waals surface area (Å²) in [7, 11) is 0. The molecule has 0 saturated carbocycles. The molecule has 1 atom stereocenters. The fourth-order valence-electron chi connectivity index (χ4n) is 2.91. The van der Waals surface area contributed by atoms with Crippen molar-refractivity contribution in [1.29, 1.82) is 0 Å². The number of halogens is 1. The van der Waals surface area contributed by atoms with Crippen LogP contribution in [-0.2, 0) is 22.6 Å². The molecule has 0 saturated heterocycles. The van der Waals surface area contributed by atoms with Crippen LogP contribution in [0.15, 0.2) is 53.0 Å². The van der Waals surface area contributed by atoms with Gasteiger partial charge in [-0.2, -0.15) is 0 Å². The van der Waals surface area contributed by atoms with E-state index in [0.717, 1.165) is 27.6 Å². The highest BCUT2D eigenvalue weighted by molar-refractivity contribution is 9.10. The summed E-state index contributed by atoms with van der Waals surface area (Å²) in [5.74, 6) is -0.177. The van der Waals surface area contributed by atoms with E-state index in [-0.39, 0.29) is 18.2 Å². The Balaban J connectivity index is 2.21. The fraction of sp³-hybridized carbons (Fsp3) is 0.364. The Morgan fingerprint density at radius 1 is 1.11 bits per heavy atom. The predicted octanol–water partition coefficient (Wildman–Crippen LogP) is 4.24. The molecule has 144 valence electrons. The zero-order valence-corrected chi connectivity index (χ0v) is 17.8. The van der Waals surface area contributed by atoms with Crippen LogP contribution in [0.4, 0.5) is 0 Å². The molecule has 2 amide bonds. The lowest BCUT2D eigenvalue weighted by Gasteiger charge is -2.29. The van der Waals surface area contributed by atoms with Crippen LogP contribution >= 0.6 is 15.9 Å². The second-order valence-electron chi connectivity index (χ2n) is 6.78. The molecule has 2 aromatic carbocycles. The molecule has 2 aromatic rings. The van der Waals surface area contributed by atoms with Gasteiger partial charge in [0.05, 0.1) is 6.42 Å². The molecular formula is C22H27BrN2O2. The molecule has 4 nitrogen and oxygen atoms in total. The minimum Gasteiger partial charge on any atom is -0.354 e. The Labute approximate surface area is 170 Å². The van der Waals surface area contributed by atoms with Gasteiger partial charge in [-0.1, -0.05) is 64.8 Å². The third-order valence-corrected chi connectivity index (χ3v) is 4.89. The van der Waals surface area contributed by atoms with Crippen LogP contribution in [0.5, 0.6) is 0 Å². The molecule has 0 spiro atoms. The molecule has 27 heavy (non-hydrogen) atoms. The SMILES string of the molecule is CCCNC(=O)[C@@H](C)N(Cc1cccc(Br)c1)C(=O)Cc1cccc(C)c1. The average Bonchev–Trinajstić information content (AvgIpc) is 2.63. The Bertz CT molecular complexity index is 791. The maximum atomic E-state index is 13.1. The van der Waals surface area contributed by atoms with E-state index in [2.05, 4.69) is 21.2 Å². The Kier molecular flexibility index (Phi) is 8.04. The van der Waals surface area contributed by atoms with Gasteiger partial charge < -0.3 is 10.2 Å². The van der Waals surface area contributed by atoms with Gasteiger partial charge >= 0.3 is 0 Å². The zero-order valence-electron chi connectivity index (χ0n) is 16.2. The first kappa shape index (κ1) is 21.2. The van der Waals surface area contributed by atoms with E-state index in [0.29, 0.717) is 13.1 Å². The van der Waals surface area contributed by atoms with Crippen LogP contribution < -0.4 is 5.32 Å². The smallest absolute Gasteiger partial charge is 0.242 e. The normalized spacial score (nSPS) is 11.7. The molecule has 0 heterocycles. The second kappa shape index (κ2) is 10.3. The summed E-state index contributed by atoms with van der Waals surface area (Å²) in [6, 6.07) is 15.2. The topological polar surface area (TPSA) is 49.4 Å². The summed E-state index contributed by atoms with van der Waals surface area (Å²) >= 11 is 3.47. The lowest BCUT2D eigenvalue weighted by Crippen LogP contribution is -2.48. The molecule has 0 aliphatic carbocycles. The molecule has 2 rings (SSSR count). The molecule has 0 aliphatic heterocycles. The summed E-state index contributed by atoms with van der Waals surface area (Å²) in [6.07, 6.45) is 1.14. The van der Waals surface area contributed by atoms with Crippen LogP contribution in [-0.4, -0.2) is 29.3 Å². The quantitative estimate of drug-likeness (QED) is 0.680. The first-order chi connectivity index (χ1) is 12.9. The standard InChI is InChI=1S/C22H27BrN2O2/c1-4-11-24-22(27)17(3)25(15-19-9-6-10-20(23)13-19)21(26)14-18-8-5-7-16(2)12-18/h5-10,12-13,17H,4,11,14-15H2,1-3H3,(H,24,27)/t17-/m1/s1. The number of carbonyl (C=O) groups is 2. The second-order valence-corrected chi connectivity index (χ2v) is 7.70. The molecule has 0 aliphatic rings. The van der Waals surface area contributed by atoms with E-state index in [1.807, 2.05) is 62.4 Å². The summed E-state index contributed by atoms with van der Waals surface area (Å²) in [6.45, 7) is 6.81. The number of rotatable bonds is 8. The third-order valence-electron chi connectivity index (χ3n) is 4.40. The number of hydrogen-bond acceptors (Lipinski definition) is 2. The van der Waals surface area contributed by atoms with Crippen LogP contribution in [0.3, 0.4) is 0 Å². The van der Waals surface area contributed by atoms with Gasteiger partial charge in [-0.3, -0.25) is 9.59 Å². The zero-order chi connectivity index (χ0) is 19.8. The van der Waals surface area contributed by atoms with Crippen molar-refractivity contribution in [2.45, 2.75) is 46.2 Å². The first-order valence-electron chi connectivity index (χ1n) is 9.28. The molecule has 5 heteroatoms. The van der Waals surface area contributed by atoms with Crippen LogP contribution in [0, 0.1) is 6.92 Å². The van der Waals surface area contributed by atoms with Gasteiger partial charge in [-0.05, 0) is 43.5 Å². The van der Waals surface area contributed by atoms with E-state index in [1.54, 1.807) is 11.8 Å². The third kappa shape index (κ3) is 6.51. The van der Waals surface area contributed by atoms with Crippen molar-refractivity contribution < 1.29 is 9.59 Å². The van der Waals surface area contributed by atoms with E-state index >= 15 is 0 Å². The molecule has 0 radical (unpaired) electrons. The lowest BCUT2D eigenvalue weighted by atomic mass is 10.1. The highest BCUT2D eigenvalue weighted by atomic mass is 79.9. The van der Waals surface area contributed by atoms with Crippen LogP contribution in [0.1, 0.15) is 37.0 Å². The molecule has 0 fully saturated rings. The van der Waals surface area contributed by atoms with Crippen molar-refractivity contribution in [2.75, 3.05) is 6.54 Å². The van der Waals surface area contributed by atoms with Crippen molar-refractivity contribution in [3.8, 4) is 0 Å². The average molecular weight is 431 g/mol. The van der Waals surface area contributed by atoms with Gasteiger partial charge in [0, 0.05) is 17.6 Å². The van der Waals surface area contributed by atoms with Crippen LogP contribution in [0.2, 0.25) is 0 Å². The Morgan fingerprint density at radius 2 is 1.81 bits per heavy atom. The van der Waals surface area contributed by atoms with Crippen molar-refractivity contribution in [3.05, 3.63) is 69.7 Å². The Morgan fingerprint density at radius 3 is 2.48 bits per heavy atom. The molecule has 0 unspecified atom stereocenters. The van der Waals surface area contributed by atoms with E-state index in [1.165, 1.54) is 0 Å². The Hall–Kier alpha value is -2.14. The monoisotopic (exact) mass is 430 g/mol. The largest absolute Gasteiger partial charge is 0.354 e. The number of carbonyl (C=O) groups excluding carboxylic acids is 2. The minimum atomic E-state index is -0.534. The summed E-state index contributed by atoms with van der Waals surface area (Å²) < 4.78 is 0.953. The van der Waals surface area contributed by atoms with E-state index < -0.39 is 6.04 Å². The molecular weight excluding hydrogens is 404 g/mol. The predicted molar refractivity (Wildman–Crippen MR) is 112 cm³/mol. The summed E-state index contributed by atoms with van der Waals surface area (Å²) in [4.78, 5) is 27.2. The number of nitrogens with zero attached hydrogens (tertiary/aromatic N) is 1. The highest BCUT2D eigenvalue weighted by Gasteiger charge is 2.26. The van der Waals surface area contributed by atoms with Crippen LogP contribution in [0.25, 0.3) is 0 Å². The summed E-state index contributed by atoms with van der Waals surface area (Å²) in [5.41, 5.74) is 3.06. The molecule has 0 aromatic heterocycles. The van der Waals surface area contributed by atoms with Gasteiger partial charge in [-0.25, -0.2) is 0 Å². The minimum absolute atomic E-state index is 0.0558. The maximum absolute atomic E-state index is 13.1. The number of benzene rings is 2. The number of amides is 2. The lowest BCUT2D eigenvalue weighted by molar-refractivity contribution is -0.140. The maximum Gasteiger partial charge on any atom is 0.242 e. The highest BCUT2D eigenvalue weighted by Crippen LogP contribution is 2.17. The number of nitrogens with one attached hydrogen (secondary N) is 1. The van der Waals surface area contributed by atoms with Gasteiger partial charge in [-0.15, -0.1) is 0 Å². The first-order valence-corrected chi connectivity index (χ1v) is 10.1.